The van der Waals surface area contributed by atoms with E-state index in [2.05, 4.69) is 15.3 Å². The van der Waals surface area contributed by atoms with Crippen LogP contribution in [0.1, 0.15) is 23.2 Å². The molecular formula is C18H26N6O3. The Morgan fingerprint density at radius 2 is 2.15 bits per heavy atom. The maximum Gasteiger partial charge on any atom is 0.256 e. The second-order valence-electron chi connectivity index (χ2n) is 7.70. The fraction of sp³-hybridized carbons (Fsp3) is 0.611. The summed E-state index contributed by atoms with van der Waals surface area (Å²) in [6, 6.07) is 0.368. The molecule has 2 saturated heterocycles. The molecule has 0 radical (unpaired) electrons. The SMILES string of the molecule is CN(C)C(=O)C[C@H]1CN2C[C@H](NC(=O)c3cnn4ccn(C)c34)C[C@H]2CO1. The van der Waals surface area contributed by atoms with Crippen molar-refractivity contribution >= 4 is 17.5 Å². The van der Waals surface area contributed by atoms with Crippen LogP contribution in [-0.2, 0) is 16.6 Å². The van der Waals surface area contributed by atoms with Crippen LogP contribution in [0.5, 0.6) is 0 Å². The van der Waals surface area contributed by atoms with Crippen molar-refractivity contribution in [2.24, 2.45) is 7.05 Å². The summed E-state index contributed by atoms with van der Waals surface area (Å²) in [6.45, 7) is 2.12. The molecule has 2 fully saturated rings. The second-order valence-corrected chi connectivity index (χ2v) is 7.70. The van der Waals surface area contributed by atoms with Gasteiger partial charge in [0.25, 0.3) is 5.91 Å². The summed E-state index contributed by atoms with van der Waals surface area (Å²) in [5.74, 6) is -0.0211. The molecule has 2 aliphatic rings. The lowest BCUT2D eigenvalue weighted by Gasteiger charge is -2.35. The molecule has 9 heteroatoms. The zero-order chi connectivity index (χ0) is 19.1. The van der Waals surface area contributed by atoms with Crippen LogP contribution >= 0.6 is 0 Å². The topological polar surface area (TPSA) is 84.1 Å². The van der Waals surface area contributed by atoms with Crippen molar-refractivity contribution in [2.45, 2.75) is 31.0 Å². The predicted molar refractivity (Wildman–Crippen MR) is 98.4 cm³/mol. The molecule has 2 amide bonds. The highest BCUT2D eigenvalue weighted by Crippen LogP contribution is 2.25. The average Bonchev–Trinajstić information content (AvgIpc) is 3.30. The molecule has 0 bridgehead atoms. The molecule has 0 spiro atoms. The summed E-state index contributed by atoms with van der Waals surface area (Å²) < 4.78 is 9.47. The molecule has 0 unspecified atom stereocenters. The van der Waals surface area contributed by atoms with Gasteiger partial charge in [0.15, 0.2) is 0 Å². The smallest absolute Gasteiger partial charge is 0.256 e. The third kappa shape index (κ3) is 3.44. The first-order valence-electron chi connectivity index (χ1n) is 9.27. The van der Waals surface area contributed by atoms with Crippen LogP contribution in [-0.4, -0.2) is 87.8 Å². The summed E-state index contributed by atoms with van der Waals surface area (Å²) in [7, 11) is 5.42. The van der Waals surface area contributed by atoms with Crippen LogP contribution in [0.3, 0.4) is 0 Å². The highest BCUT2D eigenvalue weighted by Gasteiger charge is 2.38. The number of morpholine rings is 1. The summed E-state index contributed by atoms with van der Waals surface area (Å²) in [5, 5.41) is 7.37. The van der Waals surface area contributed by atoms with Crippen LogP contribution in [0.2, 0.25) is 0 Å². The summed E-state index contributed by atoms with van der Waals surface area (Å²) in [6.07, 6.45) is 6.49. The van der Waals surface area contributed by atoms with E-state index in [0.717, 1.165) is 25.2 Å². The van der Waals surface area contributed by atoms with Gasteiger partial charge in [-0.05, 0) is 6.42 Å². The van der Waals surface area contributed by atoms with Crippen LogP contribution in [0.4, 0.5) is 0 Å². The number of imidazole rings is 1. The van der Waals surface area contributed by atoms with Crippen molar-refractivity contribution in [2.75, 3.05) is 33.8 Å². The van der Waals surface area contributed by atoms with Crippen molar-refractivity contribution in [1.82, 2.24) is 29.3 Å². The van der Waals surface area contributed by atoms with Crippen LogP contribution in [0.15, 0.2) is 18.6 Å². The van der Waals surface area contributed by atoms with Gasteiger partial charge in [-0.15, -0.1) is 0 Å². The third-order valence-corrected chi connectivity index (χ3v) is 5.51. The van der Waals surface area contributed by atoms with E-state index in [4.69, 9.17) is 4.74 Å². The predicted octanol–water partition coefficient (Wildman–Crippen LogP) is -0.277. The Balaban J connectivity index is 1.36. The maximum absolute atomic E-state index is 12.7. The van der Waals surface area contributed by atoms with Crippen LogP contribution in [0, 0.1) is 0 Å². The minimum absolute atomic E-state index is 0.0737. The van der Waals surface area contributed by atoms with E-state index in [0.29, 0.717) is 24.6 Å². The number of fused-ring (bicyclic) bond motifs is 2. The van der Waals surface area contributed by atoms with Gasteiger partial charge in [0.2, 0.25) is 5.91 Å². The first kappa shape index (κ1) is 18.0. The second kappa shape index (κ2) is 6.97. The van der Waals surface area contributed by atoms with Crippen molar-refractivity contribution in [3.8, 4) is 0 Å². The lowest BCUT2D eigenvalue weighted by molar-refractivity contribution is -0.134. The Bertz CT molecular complexity index is 857. The van der Waals surface area contributed by atoms with E-state index in [1.54, 1.807) is 29.7 Å². The summed E-state index contributed by atoms with van der Waals surface area (Å²) in [5.41, 5.74) is 1.37. The van der Waals surface area contributed by atoms with Gasteiger partial charge in [-0.1, -0.05) is 0 Å². The van der Waals surface area contributed by atoms with Crippen molar-refractivity contribution in [3.05, 3.63) is 24.2 Å². The van der Waals surface area contributed by atoms with E-state index in [-0.39, 0.29) is 24.0 Å². The number of hydrogen-bond acceptors (Lipinski definition) is 5. The zero-order valence-electron chi connectivity index (χ0n) is 16.0. The number of carbonyl (C=O) groups is 2. The highest BCUT2D eigenvalue weighted by atomic mass is 16.5. The molecule has 27 heavy (non-hydrogen) atoms. The van der Waals surface area contributed by atoms with Gasteiger partial charge in [-0.3, -0.25) is 14.5 Å². The number of nitrogens with zero attached hydrogens (tertiary/aromatic N) is 5. The Hall–Kier alpha value is -2.39. The number of rotatable bonds is 4. The number of amides is 2. The fourth-order valence-corrected chi connectivity index (χ4v) is 4.02. The van der Waals surface area contributed by atoms with E-state index in [1.165, 1.54) is 0 Å². The lowest BCUT2D eigenvalue weighted by atomic mass is 10.1. The van der Waals surface area contributed by atoms with Crippen molar-refractivity contribution in [1.29, 1.82) is 0 Å². The molecule has 1 N–H and O–H groups in total. The van der Waals surface area contributed by atoms with Crippen molar-refractivity contribution < 1.29 is 14.3 Å². The molecule has 2 aromatic heterocycles. The normalized spacial score (nSPS) is 25.5. The number of nitrogens with one attached hydrogen (secondary N) is 1. The van der Waals surface area contributed by atoms with Gasteiger partial charge >= 0.3 is 0 Å². The van der Waals surface area contributed by atoms with Gasteiger partial charge < -0.3 is 19.5 Å². The average molecular weight is 374 g/mol. The standard InChI is InChI=1S/C18H26N6O3/c1-21(2)16(25)7-14-10-23-9-12(6-13(23)11-27-14)20-17(26)15-8-19-24-5-4-22(3)18(15)24/h4-5,8,12-14H,6-7,9-11H2,1-3H3,(H,20,26)/t12-,13+,14+/m1/s1. The van der Waals surface area contributed by atoms with E-state index in [9.17, 15) is 9.59 Å². The Morgan fingerprint density at radius 1 is 1.33 bits per heavy atom. The first-order valence-corrected chi connectivity index (χ1v) is 9.27. The van der Waals surface area contributed by atoms with E-state index >= 15 is 0 Å². The Kier molecular flexibility index (Phi) is 4.65. The molecule has 2 aromatic rings. The summed E-state index contributed by atoms with van der Waals surface area (Å²) >= 11 is 0. The maximum atomic E-state index is 12.7. The molecule has 0 saturated carbocycles. The molecule has 4 heterocycles. The number of hydrogen-bond donors (Lipinski definition) is 1. The van der Waals surface area contributed by atoms with Gasteiger partial charge in [0.05, 0.1) is 25.3 Å². The Morgan fingerprint density at radius 3 is 2.93 bits per heavy atom. The molecule has 2 aliphatic heterocycles. The fourth-order valence-electron chi connectivity index (χ4n) is 4.02. The molecule has 146 valence electrons. The molecule has 0 aliphatic carbocycles. The lowest BCUT2D eigenvalue weighted by Crippen LogP contribution is -2.47. The molecule has 0 aromatic carbocycles. The monoisotopic (exact) mass is 374 g/mol. The van der Waals surface area contributed by atoms with E-state index in [1.807, 2.05) is 24.0 Å². The highest BCUT2D eigenvalue weighted by molar-refractivity contribution is 6.00. The van der Waals surface area contributed by atoms with Gasteiger partial charge in [-0.2, -0.15) is 5.10 Å². The molecule has 9 nitrogen and oxygen atoms in total. The number of aryl methyl sites for hydroxylation is 1. The van der Waals surface area contributed by atoms with Crippen molar-refractivity contribution in [3.63, 3.8) is 0 Å². The van der Waals surface area contributed by atoms with E-state index < -0.39 is 0 Å². The quantitative estimate of drug-likeness (QED) is 0.796. The third-order valence-electron chi connectivity index (χ3n) is 5.51. The van der Waals surface area contributed by atoms with Gasteiger partial charge in [0.1, 0.15) is 11.2 Å². The molecule has 4 rings (SSSR count). The number of ether oxygens (including phenoxy) is 1. The summed E-state index contributed by atoms with van der Waals surface area (Å²) in [4.78, 5) is 28.6. The van der Waals surface area contributed by atoms with Crippen LogP contribution < -0.4 is 5.32 Å². The van der Waals surface area contributed by atoms with Gasteiger partial charge in [-0.25, -0.2) is 4.52 Å². The van der Waals surface area contributed by atoms with Crippen LogP contribution in [0.25, 0.3) is 5.65 Å². The number of aromatic nitrogens is 3. The molecule has 3 atom stereocenters. The van der Waals surface area contributed by atoms with Gasteiger partial charge in [0, 0.05) is 58.7 Å². The first-order chi connectivity index (χ1) is 12.9. The zero-order valence-corrected chi connectivity index (χ0v) is 16.0. The minimum Gasteiger partial charge on any atom is -0.375 e. The number of carbonyl (C=O) groups excluding carboxylic acids is 2. The molecular weight excluding hydrogens is 348 g/mol. The largest absolute Gasteiger partial charge is 0.375 e. The minimum atomic E-state index is -0.100. The Labute approximate surface area is 157 Å².